The number of hydrogen-bond acceptors (Lipinski definition) is 4. The van der Waals surface area contributed by atoms with Gasteiger partial charge in [0.2, 0.25) is 10.0 Å². The molecule has 2 atom stereocenters. The molecule has 0 heterocycles. The van der Waals surface area contributed by atoms with Crippen LogP contribution >= 0.6 is 0 Å². The smallest absolute Gasteiger partial charge is 0.233 e. The molecule has 2 aliphatic rings. The topological polar surface area (TPSA) is 87.0 Å². The van der Waals surface area contributed by atoms with Gasteiger partial charge in [0.25, 0.3) is 0 Å². The van der Waals surface area contributed by atoms with Crippen LogP contribution in [0.4, 0.5) is 5.69 Å². The van der Waals surface area contributed by atoms with E-state index < -0.39 is 15.4 Å². The monoisotopic (exact) mass is 332 g/mol. The van der Waals surface area contributed by atoms with E-state index in [1.165, 1.54) is 6.07 Å². The van der Waals surface area contributed by atoms with E-state index in [2.05, 4.69) is 4.72 Å². The van der Waals surface area contributed by atoms with Gasteiger partial charge >= 0.3 is 0 Å². The molecule has 0 amide bonds. The first-order valence-electron chi connectivity index (χ1n) is 7.74. The molecule has 122 valence electrons. The lowest BCUT2D eigenvalue weighted by Gasteiger charge is -2.36. The minimum Gasteiger partial charge on any atom is -0.299 e. The van der Waals surface area contributed by atoms with Crippen molar-refractivity contribution in [1.82, 2.24) is 0 Å². The minimum absolute atomic E-state index is 0.0786. The first-order chi connectivity index (χ1) is 10.7. The molecular formula is C17H20N2O3S. The highest BCUT2D eigenvalue weighted by Crippen LogP contribution is 2.64. The van der Waals surface area contributed by atoms with E-state index in [4.69, 9.17) is 5.26 Å². The standard InChI is InChI=1S/C17H20N2O3S/c1-16(2)13-6-7-17(16,15(20)9-13)11-23(21,22)19-14-5-3-4-12(8-14)10-18/h3-5,8,13,19H,6-7,9,11H2,1-2H3/t13-,17+/m1/s1. The van der Waals surface area contributed by atoms with Crippen LogP contribution < -0.4 is 4.72 Å². The molecule has 1 aromatic rings. The SMILES string of the molecule is CC1(C)[C@@H]2CC[C@]1(CS(=O)(=O)Nc1cccc(C#N)c1)C(=O)C2. The molecule has 2 saturated carbocycles. The molecule has 0 aliphatic heterocycles. The quantitative estimate of drug-likeness (QED) is 0.918. The Morgan fingerprint density at radius 2 is 2.13 bits per heavy atom. The third-order valence-electron chi connectivity index (χ3n) is 5.84. The zero-order valence-electron chi connectivity index (χ0n) is 13.3. The molecule has 6 heteroatoms. The summed E-state index contributed by atoms with van der Waals surface area (Å²) in [5.41, 5.74) is -0.316. The molecule has 2 fully saturated rings. The first-order valence-corrected chi connectivity index (χ1v) is 9.39. The largest absolute Gasteiger partial charge is 0.299 e. The molecule has 5 nitrogen and oxygen atoms in total. The van der Waals surface area contributed by atoms with Crippen molar-refractivity contribution in [3.05, 3.63) is 29.8 Å². The zero-order chi connectivity index (χ0) is 16.9. The van der Waals surface area contributed by atoms with E-state index in [9.17, 15) is 13.2 Å². The van der Waals surface area contributed by atoms with Gasteiger partial charge in [-0.2, -0.15) is 5.26 Å². The maximum Gasteiger partial charge on any atom is 0.233 e. The highest BCUT2D eigenvalue weighted by atomic mass is 32.2. The average molecular weight is 332 g/mol. The van der Waals surface area contributed by atoms with Crippen LogP contribution in [-0.2, 0) is 14.8 Å². The fourth-order valence-corrected chi connectivity index (χ4v) is 6.18. The van der Waals surface area contributed by atoms with Gasteiger partial charge in [0.05, 0.1) is 22.8 Å². The molecule has 0 radical (unpaired) electrons. The van der Waals surface area contributed by atoms with Gasteiger partial charge in [-0.15, -0.1) is 0 Å². The molecule has 0 unspecified atom stereocenters. The van der Waals surface area contributed by atoms with Gasteiger partial charge in [-0.3, -0.25) is 9.52 Å². The van der Waals surface area contributed by atoms with Crippen molar-refractivity contribution in [2.45, 2.75) is 33.1 Å². The van der Waals surface area contributed by atoms with Gasteiger partial charge in [-0.05, 0) is 42.4 Å². The van der Waals surface area contributed by atoms with Crippen LogP contribution in [0.1, 0.15) is 38.7 Å². The molecule has 0 spiro atoms. The summed E-state index contributed by atoms with van der Waals surface area (Å²) in [6.07, 6.45) is 2.05. The van der Waals surface area contributed by atoms with Gasteiger partial charge in [0.15, 0.2) is 0 Å². The van der Waals surface area contributed by atoms with Gasteiger partial charge in [-0.25, -0.2) is 8.42 Å². The number of rotatable bonds is 4. The lowest BCUT2D eigenvalue weighted by atomic mass is 9.70. The van der Waals surface area contributed by atoms with Crippen molar-refractivity contribution < 1.29 is 13.2 Å². The molecular weight excluding hydrogens is 312 g/mol. The number of carbonyl (C=O) groups excluding carboxylic acids is 1. The van der Waals surface area contributed by atoms with E-state index in [0.717, 1.165) is 6.42 Å². The zero-order valence-corrected chi connectivity index (χ0v) is 14.1. The number of ketones is 1. The third kappa shape index (κ3) is 2.43. The maximum atomic E-state index is 12.6. The second-order valence-electron chi connectivity index (χ2n) is 7.22. The normalized spacial score (nSPS) is 28.6. The van der Waals surface area contributed by atoms with E-state index in [1.807, 2.05) is 19.9 Å². The number of fused-ring (bicyclic) bond motifs is 2. The second kappa shape index (κ2) is 5.07. The van der Waals surface area contributed by atoms with E-state index in [1.54, 1.807) is 18.2 Å². The summed E-state index contributed by atoms with van der Waals surface area (Å²) in [6, 6.07) is 8.33. The van der Waals surface area contributed by atoms with Crippen molar-refractivity contribution >= 4 is 21.5 Å². The lowest BCUT2D eigenvalue weighted by molar-refractivity contribution is -0.128. The van der Waals surface area contributed by atoms with E-state index in [0.29, 0.717) is 24.1 Å². The molecule has 1 N–H and O–H groups in total. The number of benzene rings is 1. The molecule has 3 rings (SSSR count). The van der Waals surface area contributed by atoms with Crippen LogP contribution in [0.25, 0.3) is 0 Å². The van der Waals surface area contributed by atoms with Crippen LogP contribution in [0.3, 0.4) is 0 Å². The van der Waals surface area contributed by atoms with Crippen molar-refractivity contribution in [1.29, 1.82) is 5.26 Å². The fourth-order valence-electron chi connectivity index (χ4n) is 4.30. The summed E-state index contributed by atoms with van der Waals surface area (Å²) in [4.78, 5) is 12.5. The highest BCUT2D eigenvalue weighted by molar-refractivity contribution is 7.92. The maximum absolute atomic E-state index is 12.6. The van der Waals surface area contributed by atoms with Crippen molar-refractivity contribution in [2.75, 3.05) is 10.5 Å². The van der Waals surface area contributed by atoms with Crippen molar-refractivity contribution in [2.24, 2.45) is 16.7 Å². The fraction of sp³-hybridized carbons (Fsp3) is 0.529. The number of Topliss-reactive ketones (excluding diaryl/α,β-unsaturated/α-hetero) is 1. The van der Waals surface area contributed by atoms with E-state index >= 15 is 0 Å². The van der Waals surface area contributed by atoms with E-state index in [-0.39, 0.29) is 22.9 Å². The number of hydrogen-bond donors (Lipinski definition) is 1. The number of anilines is 1. The summed E-state index contributed by atoms with van der Waals surface area (Å²) in [5.74, 6) is 0.182. The summed E-state index contributed by atoms with van der Waals surface area (Å²) < 4.78 is 27.8. The highest BCUT2D eigenvalue weighted by Gasteiger charge is 2.65. The Labute approximate surface area is 136 Å². The van der Waals surface area contributed by atoms with Crippen molar-refractivity contribution in [3.63, 3.8) is 0 Å². The van der Waals surface area contributed by atoms with Crippen LogP contribution in [0.2, 0.25) is 0 Å². The van der Waals surface area contributed by atoms with Crippen LogP contribution in [0.15, 0.2) is 24.3 Å². The Morgan fingerprint density at radius 1 is 1.39 bits per heavy atom. The van der Waals surface area contributed by atoms with Crippen LogP contribution in [0.5, 0.6) is 0 Å². The predicted molar refractivity (Wildman–Crippen MR) is 87.1 cm³/mol. The molecule has 1 aromatic carbocycles. The number of nitrogens with zero attached hydrogens (tertiary/aromatic N) is 1. The first kappa shape index (κ1) is 16.0. The second-order valence-corrected chi connectivity index (χ2v) is 8.94. The molecule has 23 heavy (non-hydrogen) atoms. The Balaban J connectivity index is 1.87. The van der Waals surface area contributed by atoms with Gasteiger partial charge in [0, 0.05) is 12.1 Å². The summed E-state index contributed by atoms with van der Waals surface area (Å²) in [6.45, 7) is 4.03. The average Bonchev–Trinajstić information content (AvgIpc) is 2.80. The summed E-state index contributed by atoms with van der Waals surface area (Å²) in [5, 5.41) is 8.91. The number of nitriles is 1. The van der Waals surface area contributed by atoms with Gasteiger partial charge in [0.1, 0.15) is 5.78 Å². The number of carbonyl (C=O) groups is 1. The number of nitrogens with one attached hydrogen (secondary N) is 1. The molecule has 2 aliphatic carbocycles. The summed E-state index contributed by atoms with van der Waals surface area (Å²) >= 11 is 0. The predicted octanol–water partition coefficient (Wildman–Crippen LogP) is 2.70. The van der Waals surface area contributed by atoms with Crippen LogP contribution in [-0.4, -0.2) is 20.0 Å². The molecule has 0 saturated heterocycles. The lowest BCUT2D eigenvalue weighted by Crippen LogP contribution is -2.43. The van der Waals surface area contributed by atoms with Gasteiger partial charge < -0.3 is 0 Å². The number of sulfonamides is 1. The molecule has 0 aromatic heterocycles. The van der Waals surface area contributed by atoms with Gasteiger partial charge in [-0.1, -0.05) is 19.9 Å². The Morgan fingerprint density at radius 3 is 2.70 bits per heavy atom. The van der Waals surface area contributed by atoms with Crippen LogP contribution in [0, 0.1) is 28.1 Å². The third-order valence-corrected chi connectivity index (χ3v) is 7.26. The summed E-state index contributed by atoms with van der Waals surface area (Å²) in [7, 11) is -3.67. The minimum atomic E-state index is -3.67. The van der Waals surface area contributed by atoms with Crippen molar-refractivity contribution in [3.8, 4) is 6.07 Å². The Hall–Kier alpha value is -1.87. The molecule has 2 bridgehead atoms. The Bertz CT molecular complexity index is 807. The Kier molecular flexibility index (Phi) is 3.53.